The van der Waals surface area contributed by atoms with Crippen molar-refractivity contribution in [3.05, 3.63) is 89.6 Å². The third-order valence-electron chi connectivity index (χ3n) is 7.46. The highest BCUT2D eigenvalue weighted by atomic mass is 19.1. The lowest BCUT2D eigenvalue weighted by Crippen LogP contribution is -2.49. The molecular formula is C32H40FN5O. The lowest BCUT2D eigenvalue weighted by Gasteiger charge is -2.37. The van der Waals surface area contributed by atoms with Crippen molar-refractivity contribution in [1.82, 2.24) is 25.4 Å². The number of carbonyl (C=O) groups is 1. The standard InChI is InChI=1S/C32H40FN5O/c1-21(2)16-28(23-8-13-29-24(18-23)19-36-38(29)27-11-9-26(33)10-12-27)31(4,5)20-35-30(39)37-32(6,7)25-14-15-34-22(3)17-25/h8-15,17-19,21,28H,16,20H2,1-7H3,(H2,35,37,39). The molecule has 6 nitrogen and oxygen atoms in total. The van der Waals surface area contributed by atoms with Crippen LogP contribution >= 0.6 is 0 Å². The van der Waals surface area contributed by atoms with Crippen molar-refractivity contribution in [1.29, 1.82) is 0 Å². The van der Waals surface area contributed by atoms with Crippen molar-refractivity contribution in [3.8, 4) is 5.69 Å². The molecule has 0 radical (unpaired) electrons. The first kappa shape index (κ1) is 28.3. The molecule has 2 N–H and O–H groups in total. The first-order valence-corrected chi connectivity index (χ1v) is 13.6. The summed E-state index contributed by atoms with van der Waals surface area (Å²) in [6, 6.07) is 16.5. The molecule has 2 aromatic carbocycles. The summed E-state index contributed by atoms with van der Waals surface area (Å²) < 4.78 is 15.3. The van der Waals surface area contributed by atoms with Crippen molar-refractivity contribution < 1.29 is 9.18 Å². The van der Waals surface area contributed by atoms with E-state index in [0.29, 0.717) is 12.5 Å². The molecule has 1 unspecified atom stereocenters. The molecule has 206 valence electrons. The predicted molar refractivity (Wildman–Crippen MR) is 156 cm³/mol. The Balaban J connectivity index is 1.52. The summed E-state index contributed by atoms with van der Waals surface area (Å²) in [7, 11) is 0. The number of hydrogen-bond donors (Lipinski definition) is 2. The number of pyridine rings is 1. The van der Waals surface area contributed by atoms with Crippen LogP contribution in [0.15, 0.2) is 67.0 Å². The van der Waals surface area contributed by atoms with Crippen LogP contribution in [0.3, 0.4) is 0 Å². The van der Waals surface area contributed by atoms with E-state index < -0.39 is 5.54 Å². The van der Waals surface area contributed by atoms with Crippen LogP contribution in [-0.2, 0) is 5.54 Å². The van der Waals surface area contributed by atoms with Gasteiger partial charge in [0.2, 0.25) is 0 Å². The van der Waals surface area contributed by atoms with E-state index in [1.807, 2.05) is 43.8 Å². The maximum absolute atomic E-state index is 13.4. The molecule has 0 spiro atoms. The molecule has 0 aliphatic heterocycles. The number of urea groups is 1. The van der Waals surface area contributed by atoms with Crippen LogP contribution in [0.25, 0.3) is 16.6 Å². The van der Waals surface area contributed by atoms with Crippen LogP contribution in [0.1, 0.15) is 70.7 Å². The molecule has 0 bridgehead atoms. The number of nitrogens with one attached hydrogen (secondary N) is 2. The Morgan fingerprint density at radius 1 is 1.03 bits per heavy atom. The average Bonchev–Trinajstić information content (AvgIpc) is 3.29. The highest BCUT2D eigenvalue weighted by molar-refractivity contribution is 5.81. The molecule has 2 amide bonds. The Kier molecular flexibility index (Phi) is 8.09. The molecule has 2 aromatic heterocycles. The average molecular weight is 530 g/mol. The molecule has 0 fully saturated rings. The van der Waals surface area contributed by atoms with E-state index in [9.17, 15) is 9.18 Å². The SMILES string of the molecule is Cc1cc(C(C)(C)NC(=O)NCC(C)(C)C(CC(C)C)c2ccc3c(cnn3-c3ccc(F)cc3)c2)ccn1. The molecule has 4 aromatic rings. The molecule has 0 saturated carbocycles. The fourth-order valence-electron chi connectivity index (χ4n) is 5.20. The van der Waals surface area contributed by atoms with Gasteiger partial charge in [0, 0.05) is 23.8 Å². The van der Waals surface area contributed by atoms with Gasteiger partial charge in [-0.3, -0.25) is 4.98 Å². The molecule has 2 heterocycles. The maximum Gasteiger partial charge on any atom is 0.315 e. The van der Waals surface area contributed by atoms with Crippen molar-refractivity contribution >= 4 is 16.9 Å². The second kappa shape index (κ2) is 11.2. The first-order valence-electron chi connectivity index (χ1n) is 13.6. The normalized spacial score (nSPS) is 13.1. The highest BCUT2D eigenvalue weighted by Crippen LogP contribution is 2.41. The van der Waals surface area contributed by atoms with E-state index in [1.165, 1.54) is 17.7 Å². The predicted octanol–water partition coefficient (Wildman–Crippen LogP) is 7.26. The van der Waals surface area contributed by atoms with Gasteiger partial charge in [0.05, 0.1) is 22.9 Å². The van der Waals surface area contributed by atoms with Gasteiger partial charge in [0.1, 0.15) is 5.82 Å². The van der Waals surface area contributed by atoms with Gasteiger partial charge in [-0.05, 0) is 104 Å². The van der Waals surface area contributed by atoms with Gasteiger partial charge in [-0.2, -0.15) is 5.10 Å². The number of aryl methyl sites for hydroxylation is 1. The van der Waals surface area contributed by atoms with Gasteiger partial charge < -0.3 is 10.6 Å². The van der Waals surface area contributed by atoms with Crippen molar-refractivity contribution in [2.75, 3.05) is 6.54 Å². The van der Waals surface area contributed by atoms with E-state index in [-0.39, 0.29) is 23.2 Å². The van der Waals surface area contributed by atoms with Crippen LogP contribution in [0, 0.1) is 24.1 Å². The van der Waals surface area contributed by atoms with E-state index in [4.69, 9.17) is 0 Å². The molecule has 0 aliphatic carbocycles. The van der Waals surface area contributed by atoms with E-state index in [0.717, 1.165) is 34.3 Å². The summed E-state index contributed by atoms with van der Waals surface area (Å²) in [4.78, 5) is 17.3. The number of aromatic nitrogens is 3. The summed E-state index contributed by atoms with van der Waals surface area (Å²) in [6.07, 6.45) is 4.61. The summed E-state index contributed by atoms with van der Waals surface area (Å²) in [5, 5.41) is 11.9. The largest absolute Gasteiger partial charge is 0.338 e. The van der Waals surface area contributed by atoms with Crippen LogP contribution in [0.2, 0.25) is 0 Å². The van der Waals surface area contributed by atoms with Crippen LogP contribution in [0.4, 0.5) is 9.18 Å². The Labute approximate surface area is 231 Å². The number of amides is 2. The zero-order valence-electron chi connectivity index (χ0n) is 24.0. The number of hydrogen-bond acceptors (Lipinski definition) is 3. The topological polar surface area (TPSA) is 71.8 Å². The van der Waals surface area contributed by atoms with Crippen molar-refractivity contribution in [3.63, 3.8) is 0 Å². The zero-order chi connectivity index (χ0) is 28.4. The van der Waals surface area contributed by atoms with Crippen molar-refractivity contribution in [2.45, 2.75) is 66.3 Å². The van der Waals surface area contributed by atoms with Gasteiger partial charge in [-0.25, -0.2) is 13.9 Å². The second-order valence-corrected chi connectivity index (χ2v) is 12.1. The summed E-state index contributed by atoms with van der Waals surface area (Å²) in [5.74, 6) is 0.427. The third kappa shape index (κ3) is 6.64. The minimum absolute atomic E-state index is 0.193. The minimum atomic E-state index is -0.533. The molecule has 0 aliphatic rings. The summed E-state index contributed by atoms with van der Waals surface area (Å²) in [5.41, 5.74) is 4.19. The number of rotatable bonds is 9. The van der Waals surface area contributed by atoms with Crippen LogP contribution in [-0.4, -0.2) is 27.3 Å². The number of fused-ring (bicyclic) bond motifs is 1. The smallest absolute Gasteiger partial charge is 0.315 e. The lowest BCUT2D eigenvalue weighted by molar-refractivity contribution is 0.210. The minimum Gasteiger partial charge on any atom is -0.338 e. The fourth-order valence-corrected chi connectivity index (χ4v) is 5.20. The van der Waals surface area contributed by atoms with E-state index in [1.54, 1.807) is 18.3 Å². The number of nitrogens with zero attached hydrogens (tertiary/aromatic N) is 3. The number of benzene rings is 2. The molecule has 39 heavy (non-hydrogen) atoms. The quantitative estimate of drug-likeness (QED) is 0.240. The van der Waals surface area contributed by atoms with Gasteiger partial charge in [-0.15, -0.1) is 0 Å². The fraction of sp³-hybridized carbons (Fsp3) is 0.406. The monoisotopic (exact) mass is 529 g/mol. The van der Waals surface area contributed by atoms with E-state index in [2.05, 4.69) is 66.6 Å². The number of halogens is 1. The molecule has 0 saturated heterocycles. The first-order chi connectivity index (χ1) is 18.4. The Hall–Kier alpha value is -3.74. The van der Waals surface area contributed by atoms with Gasteiger partial charge >= 0.3 is 6.03 Å². The third-order valence-corrected chi connectivity index (χ3v) is 7.46. The molecule has 4 rings (SSSR count). The summed E-state index contributed by atoms with van der Waals surface area (Å²) >= 11 is 0. The van der Waals surface area contributed by atoms with Crippen molar-refractivity contribution in [2.24, 2.45) is 11.3 Å². The Morgan fingerprint density at radius 2 is 1.74 bits per heavy atom. The van der Waals surface area contributed by atoms with Crippen LogP contribution < -0.4 is 10.6 Å². The van der Waals surface area contributed by atoms with Gasteiger partial charge in [-0.1, -0.05) is 33.8 Å². The van der Waals surface area contributed by atoms with Gasteiger partial charge in [0.15, 0.2) is 0 Å². The second-order valence-electron chi connectivity index (χ2n) is 12.1. The zero-order valence-corrected chi connectivity index (χ0v) is 24.0. The highest BCUT2D eigenvalue weighted by Gasteiger charge is 2.33. The Bertz CT molecular complexity index is 1440. The number of carbonyl (C=O) groups excluding carboxylic acids is 1. The molecule has 1 atom stereocenters. The lowest BCUT2D eigenvalue weighted by atomic mass is 9.71. The Morgan fingerprint density at radius 3 is 2.41 bits per heavy atom. The van der Waals surface area contributed by atoms with Crippen LogP contribution in [0.5, 0.6) is 0 Å². The maximum atomic E-state index is 13.4. The molecule has 7 heteroatoms. The van der Waals surface area contributed by atoms with Gasteiger partial charge in [0.25, 0.3) is 0 Å². The summed E-state index contributed by atoms with van der Waals surface area (Å²) in [6.45, 7) is 15.3. The molecular weight excluding hydrogens is 489 g/mol. The van der Waals surface area contributed by atoms with E-state index >= 15 is 0 Å².